The summed E-state index contributed by atoms with van der Waals surface area (Å²) < 4.78 is 0. The summed E-state index contributed by atoms with van der Waals surface area (Å²) in [5.74, 6) is 0.513. The molecule has 7 nitrogen and oxygen atoms in total. The van der Waals surface area contributed by atoms with E-state index in [-0.39, 0.29) is 11.8 Å². The van der Waals surface area contributed by atoms with Crippen molar-refractivity contribution in [3.63, 3.8) is 0 Å². The molecular formula is C18H27N5O2S. The Morgan fingerprint density at radius 3 is 2.42 bits per heavy atom. The molecule has 4 heterocycles. The lowest BCUT2D eigenvalue weighted by atomic mass is 9.96. The summed E-state index contributed by atoms with van der Waals surface area (Å²) in [5.41, 5.74) is 0. The zero-order chi connectivity index (χ0) is 17.9. The molecular weight excluding hydrogens is 350 g/mol. The summed E-state index contributed by atoms with van der Waals surface area (Å²) in [6.07, 6.45) is 8.20. The van der Waals surface area contributed by atoms with E-state index in [1.54, 1.807) is 4.90 Å². The van der Waals surface area contributed by atoms with Crippen LogP contribution >= 0.6 is 11.3 Å². The lowest BCUT2D eigenvalue weighted by Crippen LogP contribution is -2.45. The van der Waals surface area contributed by atoms with Crippen molar-refractivity contribution in [2.24, 2.45) is 5.92 Å². The first-order valence-corrected chi connectivity index (χ1v) is 10.7. The maximum absolute atomic E-state index is 13.0. The topological polar surface area (TPSA) is 69.6 Å². The van der Waals surface area contributed by atoms with Gasteiger partial charge in [-0.25, -0.2) is 0 Å². The molecule has 0 bridgehead atoms. The van der Waals surface area contributed by atoms with E-state index in [0.29, 0.717) is 17.5 Å². The quantitative estimate of drug-likeness (QED) is 0.808. The van der Waals surface area contributed by atoms with Crippen LogP contribution in [0.4, 0.5) is 10.3 Å². The number of carbonyl (C=O) groups is 2. The Hall–Kier alpha value is -1.70. The highest BCUT2D eigenvalue weighted by Crippen LogP contribution is 2.32. The van der Waals surface area contributed by atoms with Crippen LogP contribution in [-0.4, -0.2) is 59.6 Å². The summed E-state index contributed by atoms with van der Waals surface area (Å²) in [6.45, 7) is 4.19. The lowest BCUT2D eigenvalue weighted by molar-refractivity contribution is -0.135. The second-order valence-electron chi connectivity index (χ2n) is 7.54. The Balaban J connectivity index is 1.41. The zero-order valence-electron chi connectivity index (χ0n) is 15.2. The van der Waals surface area contributed by atoms with E-state index in [9.17, 15) is 9.59 Å². The van der Waals surface area contributed by atoms with Gasteiger partial charge in [-0.2, -0.15) is 0 Å². The first kappa shape index (κ1) is 17.7. The van der Waals surface area contributed by atoms with Crippen molar-refractivity contribution in [2.75, 3.05) is 42.5 Å². The number of hydrogen-bond acceptors (Lipinski definition) is 6. The molecule has 3 aliphatic heterocycles. The molecule has 0 aromatic carbocycles. The first-order chi connectivity index (χ1) is 12.7. The van der Waals surface area contributed by atoms with Crippen molar-refractivity contribution in [3.8, 4) is 0 Å². The summed E-state index contributed by atoms with van der Waals surface area (Å²) in [5, 5.41) is 10.1. The number of hydrogen-bond donors (Lipinski definition) is 0. The molecule has 4 rings (SSSR count). The van der Waals surface area contributed by atoms with Crippen molar-refractivity contribution in [1.29, 1.82) is 0 Å². The first-order valence-electron chi connectivity index (χ1n) is 9.90. The van der Waals surface area contributed by atoms with Gasteiger partial charge in [-0.3, -0.25) is 14.5 Å². The molecule has 8 heteroatoms. The summed E-state index contributed by atoms with van der Waals surface area (Å²) >= 11 is 1.48. The highest BCUT2D eigenvalue weighted by Gasteiger charge is 2.32. The van der Waals surface area contributed by atoms with Crippen LogP contribution in [0.15, 0.2) is 0 Å². The number of anilines is 2. The molecule has 3 saturated heterocycles. The van der Waals surface area contributed by atoms with Gasteiger partial charge in [0.05, 0.1) is 5.92 Å². The van der Waals surface area contributed by atoms with Crippen molar-refractivity contribution in [3.05, 3.63) is 0 Å². The Bertz CT molecular complexity index is 656. The van der Waals surface area contributed by atoms with Gasteiger partial charge in [0, 0.05) is 39.1 Å². The molecule has 0 spiro atoms. The zero-order valence-corrected chi connectivity index (χ0v) is 16.0. The standard InChI is InChI=1S/C18H27N5O2S/c24-15-8-6-12-23(15)18-20-19-17(26-18)22-11-5-7-14(13-22)16(25)21-9-3-1-2-4-10-21/h14H,1-13H2. The maximum atomic E-state index is 13.0. The molecule has 0 radical (unpaired) electrons. The van der Waals surface area contributed by atoms with Gasteiger partial charge >= 0.3 is 0 Å². The highest BCUT2D eigenvalue weighted by molar-refractivity contribution is 7.19. The smallest absolute Gasteiger partial charge is 0.228 e. The van der Waals surface area contributed by atoms with Crippen LogP contribution in [0.5, 0.6) is 0 Å². The van der Waals surface area contributed by atoms with E-state index >= 15 is 0 Å². The summed E-state index contributed by atoms with van der Waals surface area (Å²) in [7, 11) is 0. The Labute approximate surface area is 158 Å². The van der Waals surface area contributed by atoms with Crippen molar-refractivity contribution in [1.82, 2.24) is 15.1 Å². The fraction of sp³-hybridized carbons (Fsp3) is 0.778. The van der Waals surface area contributed by atoms with Crippen LogP contribution in [-0.2, 0) is 9.59 Å². The molecule has 0 saturated carbocycles. The number of carbonyl (C=O) groups excluding carboxylic acids is 2. The second-order valence-corrected chi connectivity index (χ2v) is 8.48. The van der Waals surface area contributed by atoms with Gasteiger partial charge in [0.2, 0.25) is 22.1 Å². The predicted octanol–water partition coefficient (Wildman–Crippen LogP) is 2.28. The predicted molar refractivity (Wildman–Crippen MR) is 101 cm³/mol. The number of likely N-dealkylation sites (tertiary alicyclic amines) is 1. The van der Waals surface area contributed by atoms with E-state index in [2.05, 4.69) is 20.0 Å². The number of aromatic nitrogens is 2. The van der Waals surface area contributed by atoms with Gasteiger partial charge in [0.25, 0.3) is 0 Å². The van der Waals surface area contributed by atoms with Crippen LogP contribution in [0.25, 0.3) is 0 Å². The molecule has 26 heavy (non-hydrogen) atoms. The van der Waals surface area contributed by atoms with Crippen LogP contribution in [0.1, 0.15) is 51.4 Å². The number of nitrogens with zero attached hydrogens (tertiary/aromatic N) is 5. The molecule has 2 amide bonds. The van der Waals surface area contributed by atoms with Crippen LogP contribution in [0, 0.1) is 5.92 Å². The van der Waals surface area contributed by atoms with Gasteiger partial charge in [-0.05, 0) is 32.1 Å². The minimum absolute atomic E-state index is 0.0580. The molecule has 3 aliphatic rings. The second kappa shape index (κ2) is 7.90. The number of piperidine rings is 1. The molecule has 1 unspecified atom stereocenters. The van der Waals surface area contributed by atoms with E-state index in [4.69, 9.17) is 0 Å². The molecule has 142 valence electrons. The number of amides is 2. The summed E-state index contributed by atoms with van der Waals surface area (Å²) in [4.78, 5) is 30.9. The fourth-order valence-electron chi connectivity index (χ4n) is 4.20. The lowest BCUT2D eigenvalue weighted by Gasteiger charge is -2.34. The van der Waals surface area contributed by atoms with Crippen molar-refractivity contribution < 1.29 is 9.59 Å². The number of rotatable bonds is 3. The minimum atomic E-state index is 0.0580. The Morgan fingerprint density at radius 2 is 1.69 bits per heavy atom. The Kier molecular flexibility index (Phi) is 5.38. The summed E-state index contributed by atoms with van der Waals surface area (Å²) in [6, 6.07) is 0. The third-order valence-corrected chi connectivity index (χ3v) is 6.67. The molecule has 1 aromatic rings. The van der Waals surface area contributed by atoms with E-state index in [0.717, 1.165) is 70.0 Å². The largest absolute Gasteiger partial charge is 0.346 e. The van der Waals surface area contributed by atoms with Crippen molar-refractivity contribution in [2.45, 2.75) is 51.4 Å². The van der Waals surface area contributed by atoms with Gasteiger partial charge < -0.3 is 9.80 Å². The average molecular weight is 378 g/mol. The molecule has 1 atom stereocenters. The third kappa shape index (κ3) is 3.70. The molecule has 0 aliphatic carbocycles. The normalized spacial score (nSPS) is 24.8. The third-order valence-electron chi connectivity index (χ3n) is 5.67. The molecule has 0 N–H and O–H groups in total. The molecule has 3 fully saturated rings. The fourth-order valence-corrected chi connectivity index (χ4v) is 5.12. The van der Waals surface area contributed by atoms with Crippen molar-refractivity contribution >= 4 is 33.4 Å². The molecule has 1 aromatic heterocycles. The van der Waals surface area contributed by atoms with Crippen LogP contribution in [0.3, 0.4) is 0 Å². The highest BCUT2D eigenvalue weighted by atomic mass is 32.1. The van der Waals surface area contributed by atoms with E-state index in [1.165, 1.54) is 24.2 Å². The van der Waals surface area contributed by atoms with E-state index in [1.807, 2.05) is 0 Å². The van der Waals surface area contributed by atoms with Crippen LogP contribution < -0.4 is 9.80 Å². The van der Waals surface area contributed by atoms with Gasteiger partial charge in [0.15, 0.2) is 0 Å². The van der Waals surface area contributed by atoms with Gasteiger partial charge in [-0.15, -0.1) is 10.2 Å². The van der Waals surface area contributed by atoms with Gasteiger partial charge in [0.1, 0.15) is 0 Å². The maximum Gasteiger partial charge on any atom is 0.228 e. The van der Waals surface area contributed by atoms with E-state index < -0.39 is 0 Å². The monoisotopic (exact) mass is 377 g/mol. The van der Waals surface area contributed by atoms with Crippen LogP contribution in [0.2, 0.25) is 0 Å². The minimum Gasteiger partial charge on any atom is -0.346 e. The average Bonchev–Trinajstić information content (AvgIpc) is 3.22. The SMILES string of the molecule is O=C(C1CCCN(c2nnc(N3CCCC3=O)s2)C1)N1CCCCCC1. The van der Waals surface area contributed by atoms with Gasteiger partial charge in [-0.1, -0.05) is 24.2 Å². The Morgan fingerprint density at radius 1 is 0.923 bits per heavy atom.